The summed E-state index contributed by atoms with van der Waals surface area (Å²) in [6.45, 7) is 1.60. The van der Waals surface area contributed by atoms with Crippen LogP contribution in [-0.4, -0.2) is 43.5 Å². The summed E-state index contributed by atoms with van der Waals surface area (Å²) < 4.78 is 48.3. The maximum atomic E-state index is 12.6. The van der Waals surface area contributed by atoms with Crippen LogP contribution in [0, 0.1) is 0 Å². The molecule has 0 heterocycles. The Bertz CT molecular complexity index is 854. The van der Waals surface area contributed by atoms with Crippen LogP contribution in [0.15, 0.2) is 48.5 Å². The first-order valence-electron chi connectivity index (χ1n) is 9.25. The first-order chi connectivity index (χ1) is 14.2. The van der Waals surface area contributed by atoms with Crippen molar-refractivity contribution >= 4 is 17.5 Å². The molecule has 0 bridgehead atoms. The largest absolute Gasteiger partial charge is 0.495 e. The summed E-state index contributed by atoms with van der Waals surface area (Å²) in [4.78, 5) is 26.2. The van der Waals surface area contributed by atoms with Crippen molar-refractivity contribution in [2.75, 3.05) is 32.1 Å². The minimum absolute atomic E-state index is 0.131. The van der Waals surface area contributed by atoms with E-state index in [-0.39, 0.29) is 12.3 Å². The van der Waals surface area contributed by atoms with E-state index >= 15 is 0 Å². The number of benzene rings is 2. The fourth-order valence-corrected chi connectivity index (χ4v) is 2.65. The Kier molecular flexibility index (Phi) is 8.08. The molecule has 0 aliphatic heterocycles. The fourth-order valence-electron chi connectivity index (χ4n) is 2.65. The molecule has 1 N–H and O–H groups in total. The SMILES string of the molecule is CCCN(CC(=O)Nc1ccccc1OC)C(=O)COc1ccc(C(F)(F)F)cc1. The summed E-state index contributed by atoms with van der Waals surface area (Å²) in [7, 11) is 1.48. The number of para-hydroxylation sites is 2. The van der Waals surface area contributed by atoms with Crippen LogP contribution in [0.5, 0.6) is 11.5 Å². The zero-order chi connectivity index (χ0) is 22.1. The van der Waals surface area contributed by atoms with Crippen molar-refractivity contribution in [1.29, 1.82) is 0 Å². The number of anilines is 1. The number of amides is 2. The first-order valence-corrected chi connectivity index (χ1v) is 9.25. The highest BCUT2D eigenvalue weighted by Crippen LogP contribution is 2.30. The summed E-state index contributed by atoms with van der Waals surface area (Å²) >= 11 is 0. The van der Waals surface area contributed by atoms with Gasteiger partial charge in [-0.15, -0.1) is 0 Å². The zero-order valence-corrected chi connectivity index (χ0v) is 16.7. The zero-order valence-electron chi connectivity index (χ0n) is 16.7. The van der Waals surface area contributed by atoms with E-state index in [9.17, 15) is 22.8 Å². The number of alkyl halides is 3. The monoisotopic (exact) mass is 424 g/mol. The van der Waals surface area contributed by atoms with Gasteiger partial charge in [0.25, 0.3) is 5.91 Å². The molecule has 30 heavy (non-hydrogen) atoms. The second kappa shape index (κ2) is 10.5. The van der Waals surface area contributed by atoms with E-state index in [1.165, 1.54) is 12.0 Å². The molecule has 9 heteroatoms. The number of methoxy groups -OCH3 is 1. The molecular weight excluding hydrogens is 401 g/mol. The maximum absolute atomic E-state index is 12.6. The van der Waals surface area contributed by atoms with E-state index < -0.39 is 30.2 Å². The standard InChI is InChI=1S/C21H23F3N2O4/c1-3-12-26(13-19(27)25-17-6-4-5-7-18(17)29-2)20(28)14-30-16-10-8-15(9-11-16)21(22,23)24/h4-11H,3,12-14H2,1-2H3,(H,25,27). The van der Waals surface area contributed by atoms with Crippen molar-refractivity contribution in [3.05, 3.63) is 54.1 Å². The van der Waals surface area contributed by atoms with Gasteiger partial charge in [0.2, 0.25) is 5.91 Å². The number of rotatable bonds is 9. The Morgan fingerprint density at radius 2 is 1.73 bits per heavy atom. The second-order valence-electron chi connectivity index (χ2n) is 6.37. The van der Waals surface area contributed by atoms with Gasteiger partial charge >= 0.3 is 6.18 Å². The van der Waals surface area contributed by atoms with Gasteiger partial charge in [-0.2, -0.15) is 13.2 Å². The predicted molar refractivity (Wildman–Crippen MR) is 105 cm³/mol. The van der Waals surface area contributed by atoms with E-state index in [1.807, 2.05) is 6.92 Å². The Hall–Kier alpha value is -3.23. The van der Waals surface area contributed by atoms with Crippen LogP contribution in [0.25, 0.3) is 0 Å². The highest BCUT2D eigenvalue weighted by atomic mass is 19.4. The third-order valence-corrected chi connectivity index (χ3v) is 4.11. The second-order valence-corrected chi connectivity index (χ2v) is 6.37. The van der Waals surface area contributed by atoms with Crippen LogP contribution in [-0.2, 0) is 15.8 Å². The summed E-state index contributed by atoms with van der Waals surface area (Å²) in [5.41, 5.74) is -0.323. The van der Waals surface area contributed by atoms with Gasteiger partial charge in [0, 0.05) is 6.54 Å². The molecule has 0 radical (unpaired) electrons. The van der Waals surface area contributed by atoms with Gasteiger partial charge < -0.3 is 19.7 Å². The van der Waals surface area contributed by atoms with E-state index in [4.69, 9.17) is 9.47 Å². The van der Waals surface area contributed by atoms with Crippen molar-refractivity contribution in [2.24, 2.45) is 0 Å². The molecule has 0 fully saturated rings. The Morgan fingerprint density at radius 1 is 1.07 bits per heavy atom. The van der Waals surface area contributed by atoms with Crippen LogP contribution in [0.3, 0.4) is 0 Å². The predicted octanol–water partition coefficient (Wildman–Crippen LogP) is 3.97. The van der Waals surface area contributed by atoms with Crippen LogP contribution < -0.4 is 14.8 Å². The number of halogens is 3. The van der Waals surface area contributed by atoms with Gasteiger partial charge in [-0.05, 0) is 42.8 Å². The summed E-state index contributed by atoms with van der Waals surface area (Å²) in [6, 6.07) is 10.9. The topological polar surface area (TPSA) is 67.9 Å². The lowest BCUT2D eigenvalue weighted by Gasteiger charge is -2.22. The van der Waals surface area contributed by atoms with Crippen molar-refractivity contribution in [3.8, 4) is 11.5 Å². The summed E-state index contributed by atoms with van der Waals surface area (Å²) in [5, 5.41) is 2.69. The van der Waals surface area contributed by atoms with E-state index in [0.29, 0.717) is 24.4 Å². The smallest absolute Gasteiger partial charge is 0.416 e. The highest BCUT2D eigenvalue weighted by Gasteiger charge is 2.30. The molecule has 2 aromatic carbocycles. The van der Waals surface area contributed by atoms with Crippen LogP contribution in [0.1, 0.15) is 18.9 Å². The van der Waals surface area contributed by atoms with Crippen molar-refractivity contribution < 1.29 is 32.2 Å². The molecule has 0 aromatic heterocycles. The number of nitrogens with zero attached hydrogens (tertiary/aromatic N) is 1. The lowest BCUT2D eigenvalue weighted by Crippen LogP contribution is -2.41. The number of ether oxygens (including phenoxy) is 2. The van der Waals surface area contributed by atoms with Gasteiger partial charge in [-0.1, -0.05) is 19.1 Å². The molecule has 2 rings (SSSR count). The molecule has 0 spiro atoms. The molecule has 6 nitrogen and oxygen atoms in total. The summed E-state index contributed by atoms with van der Waals surface area (Å²) in [6.07, 6.45) is -3.82. The molecule has 0 atom stereocenters. The molecule has 162 valence electrons. The number of nitrogens with one attached hydrogen (secondary N) is 1. The molecule has 0 saturated carbocycles. The lowest BCUT2D eigenvalue weighted by molar-refractivity contribution is -0.138. The first kappa shape index (κ1) is 23.1. The highest BCUT2D eigenvalue weighted by molar-refractivity contribution is 5.95. The third kappa shape index (κ3) is 6.68. The van der Waals surface area contributed by atoms with Crippen molar-refractivity contribution in [2.45, 2.75) is 19.5 Å². The molecule has 0 aliphatic rings. The van der Waals surface area contributed by atoms with Crippen molar-refractivity contribution in [1.82, 2.24) is 4.90 Å². The van der Waals surface area contributed by atoms with Gasteiger partial charge in [-0.25, -0.2) is 0 Å². The van der Waals surface area contributed by atoms with E-state index in [2.05, 4.69) is 5.32 Å². The lowest BCUT2D eigenvalue weighted by atomic mass is 10.2. The van der Waals surface area contributed by atoms with Gasteiger partial charge in [0.15, 0.2) is 6.61 Å². The average Bonchev–Trinajstić information content (AvgIpc) is 2.71. The maximum Gasteiger partial charge on any atom is 0.416 e. The number of carbonyl (C=O) groups excluding carboxylic acids is 2. The molecule has 2 aromatic rings. The van der Waals surface area contributed by atoms with Gasteiger partial charge in [0.05, 0.1) is 24.9 Å². The van der Waals surface area contributed by atoms with E-state index in [0.717, 1.165) is 24.3 Å². The van der Waals surface area contributed by atoms with Gasteiger partial charge in [0.1, 0.15) is 11.5 Å². The number of carbonyl (C=O) groups is 2. The minimum atomic E-state index is -4.44. The Morgan fingerprint density at radius 3 is 2.33 bits per heavy atom. The van der Waals surface area contributed by atoms with E-state index in [1.54, 1.807) is 24.3 Å². The minimum Gasteiger partial charge on any atom is -0.495 e. The van der Waals surface area contributed by atoms with Crippen LogP contribution in [0.2, 0.25) is 0 Å². The number of hydrogen-bond acceptors (Lipinski definition) is 4. The Balaban J connectivity index is 1.94. The normalized spacial score (nSPS) is 11.0. The molecule has 2 amide bonds. The fraction of sp³-hybridized carbons (Fsp3) is 0.333. The molecule has 0 saturated heterocycles. The number of hydrogen-bond donors (Lipinski definition) is 1. The van der Waals surface area contributed by atoms with Crippen LogP contribution in [0.4, 0.5) is 18.9 Å². The van der Waals surface area contributed by atoms with Crippen molar-refractivity contribution in [3.63, 3.8) is 0 Å². The molecule has 0 unspecified atom stereocenters. The summed E-state index contributed by atoms with van der Waals surface area (Å²) in [5.74, 6) is -0.237. The quantitative estimate of drug-likeness (QED) is 0.662. The molecule has 0 aliphatic carbocycles. The van der Waals surface area contributed by atoms with Gasteiger partial charge in [-0.3, -0.25) is 9.59 Å². The Labute approximate surface area is 172 Å². The molecular formula is C21H23F3N2O4. The average molecular weight is 424 g/mol. The van der Waals surface area contributed by atoms with Crippen LogP contribution >= 0.6 is 0 Å². The third-order valence-electron chi connectivity index (χ3n) is 4.11.